The van der Waals surface area contributed by atoms with Crippen molar-refractivity contribution in [2.45, 2.75) is 12.4 Å². The van der Waals surface area contributed by atoms with Gasteiger partial charge in [0.1, 0.15) is 11.5 Å². The lowest BCUT2D eigenvalue weighted by Crippen LogP contribution is -2.28. The Labute approximate surface area is 129 Å². The van der Waals surface area contributed by atoms with Crippen LogP contribution in [0.2, 0.25) is 0 Å². The Balaban J connectivity index is 2.44. The normalized spacial score (nSPS) is 12.1. The molecule has 0 aliphatic heterocycles. The van der Waals surface area contributed by atoms with Crippen molar-refractivity contribution in [3.63, 3.8) is 0 Å². The first-order valence-corrected chi connectivity index (χ1v) is 6.10. The minimum absolute atomic E-state index is 0.137. The second-order valence-electron chi connectivity index (χ2n) is 4.38. The molecule has 10 heteroatoms. The van der Waals surface area contributed by atoms with Crippen LogP contribution < -0.4 is 9.47 Å². The Morgan fingerprint density at radius 2 is 1.00 bits per heavy atom. The molecule has 4 nitrogen and oxygen atoms in total. The van der Waals surface area contributed by atoms with Crippen molar-refractivity contribution in [3.8, 4) is 11.5 Å². The Hall–Kier alpha value is -2.78. The third-order valence-electron chi connectivity index (χ3n) is 2.71. The molecule has 0 spiro atoms. The predicted octanol–water partition coefficient (Wildman–Crippen LogP) is 3.78. The predicted molar refractivity (Wildman–Crippen MR) is 67.3 cm³/mol. The maximum atomic E-state index is 12.2. The van der Waals surface area contributed by atoms with Crippen molar-refractivity contribution < 1.29 is 45.4 Å². The molecule has 2 aromatic carbocycles. The number of alkyl halides is 6. The highest BCUT2D eigenvalue weighted by Gasteiger charge is 2.42. The summed E-state index contributed by atoms with van der Waals surface area (Å²) in [6.45, 7) is 0. The third kappa shape index (κ3) is 3.76. The van der Waals surface area contributed by atoms with Crippen LogP contribution in [0.5, 0.6) is 11.5 Å². The standard InChI is InChI=1S/C14H6F6O4/c15-13(16,17)11(21)23-9-5-6-10(24-12(22)14(18,19)20)8-4-2-1-3-7(8)9/h1-6H. The largest absolute Gasteiger partial charge is 0.491 e. The zero-order valence-electron chi connectivity index (χ0n) is 11.4. The average molecular weight is 352 g/mol. The molecule has 0 aliphatic rings. The van der Waals surface area contributed by atoms with Gasteiger partial charge in [-0.1, -0.05) is 24.3 Å². The van der Waals surface area contributed by atoms with Crippen molar-refractivity contribution in [3.05, 3.63) is 36.4 Å². The van der Waals surface area contributed by atoms with Gasteiger partial charge in [-0.2, -0.15) is 26.3 Å². The Bertz CT molecular complexity index is 727. The smallest absolute Gasteiger partial charge is 0.419 e. The molecule has 2 rings (SSSR count). The van der Waals surface area contributed by atoms with E-state index in [1.54, 1.807) is 0 Å². The van der Waals surface area contributed by atoms with Crippen LogP contribution in [0.3, 0.4) is 0 Å². The summed E-state index contributed by atoms with van der Waals surface area (Å²) in [6.07, 6.45) is -10.5. The quantitative estimate of drug-likeness (QED) is 0.469. The molecule has 0 aromatic heterocycles. The van der Waals surface area contributed by atoms with Crippen LogP contribution in [-0.2, 0) is 9.59 Å². The minimum Gasteiger partial charge on any atom is -0.419 e. The summed E-state index contributed by atoms with van der Waals surface area (Å²) in [5.74, 6) is -6.07. The van der Waals surface area contributed by atoms with Crippen LogP contribution in [0.25, 0.3) is 10.8 Å². The summed E-state index contributed by atoms with van der Waals surface area (Å²) < 4.78 is 81.9. The lowest BCUT2D eigenvalue weighted by molar-refractivity contribution is -0.189. The van der Waals surface area contributed by atoms with E-state index in [0.717, 1.165) is 12.1 Å². The molecule has 0 bridgehead atoms. The second kappa shape index (κ2) is 6.02. The molecule has 0 fully saturated rings. The SMILES string of the molecule is O=C(Oc1ccc(OC(=O)C(F)(F)F)c2ccccc12)C(F)(F)F. The number of halogens is 6. The fourth-order valence-corrected chi connectivity index (χ4v) is 1.74. The molecule has 0 aliphatic carbocycles. The highest BCUT2D eigenvalue weighted by molar-refractivity contribution is 5.96. The van der Waals surface area contributed by atoms with Gasteiger partial charge in [0, 0.05) is 10.8 Å². The molecule has 0 saturated carbocycles. The van der Waals surface area contributed by atoms with Crippen LogP contribution in [0.1, 0.15) is 0 Å². The van der Waals surface area contributed by atoms with E-state index >= 15 is 0 Å². The van der Waals surface area contributed by atoms with Gasteiger partial charge in [-0.3, -0.25) is 0 Å². The van der Waals surface area contributed by atoms with Crippen LogP contribution in [0.15, 0.2) is 36.4 Å². The van der Waals surface area contributed by atoms with Gasteiger partial charge in [0.25, 0.3) is 0 Å². The first-order chi connectivity index (χ1) is 11.0. The topological polar surface area (TPSA) is 52.6 Å². The number of carbonyl (C=O) groups excluding carboxylic acids is 2. The minimum atomic E-state index is -5.25. The van der Waals surface area contributed by atoms with E-state index in [2.05, 4.69) is 9.47 Å². The van der Waals surface area contributed by atoms with E-state index in [9.17, 15) is 35.9 Å². The highest BCUT2D eigenvalue weighted by Crippen LogP contribution is 2.35. The molecule has 0 radical (unpaired) electrons. The molecule has 0 saturated heterocycles. The maximum Gasteiger partial charge on any atom is 0.491 e. The molecular weight excluding hydrogens is 346 g/mol. The molecule has 2 aromatic rings. The summed E-state index contributed by atoms with van der Waals surface area (Å²) in [7, 11) is 0. The molecule has 0 unspecified atom stereocenters. The highest BCUT2D eigenvalue weighted by atomic mass is 19.4. The van der Waals surface area contributed by atoms with Gasteiger partial charge in [-0.15, -0.1) is 0 Å². The third-order valence-corrected chi connectivity index (χ3v) is 2.71. The summed E-state index contributed by atoms with van der Waals surface area (Å²) in [5.41, 5.74) is 0. The van der Waals surface area contributed by atoms with Crippen molar-refractivity contribution in [1.29, 1.82) is 0 Å². The molecule has 0 N–H and O–H groups in total. The first kappa shape index (κ1) is 17.6. The van der Waals surface area contributed by atoms with Gasteiger partial charge < -0.3 is 9.47 Å². The van der Waals surface area contributed by atoms with Crippen molar-refractivity contribution in [2.24, 2.45) is 0 Å². The van der Waals surface area contributed by atoms with E-state index in [-0.39, 0.29) is 10.8 Å². The zero-order chi connectivity index (χ0) is 18.1. The molecule has 0 atom stereocenters. The van der Waals surface area contributed by atoms with E-state index in [1.807, 2.05) is 0 Å². The summed E-state index contributed by atoms with van der Waals surface area (Å²) in [5, 5.41) is -0.273. The van der Waals surface area contributed by atoms with Crippen molar-refractivity contribution in [2.75, 3.05) is 0 Å². The van der Waals surface area contributed by atoms with Gasteiger partial charge in [0.05, 0.1) is 0 Å². The molecular formula is C14H6F6O4. The number of fused-ring (bicyclic) bond motifs is 1. The van der Waals surface area contributed by atoms with Crippen LogP contribution >= 0.6 is 0 Å². The van der Waals surface area contributed by atoms with E-state index in [1.165, 1.54) is 24.3 Å². The first-order valence-electron chi connectivity index (χ1n) is 6.10. The Morgan fingerprint density at radius 1 is 0.667 bits per heavy atom. The number of hydrogen-bond donors (Lipinski definition) is 0. The summed E-state index contributed by atoms with van der Waals surface area (Å²) >= 11 is 0. The van der Waals surface area contributed by atoms with Crippen LogP contribution in [-0.4, -0.2) is 24.3 Å². The number of esters is 2. The van der Waals surface area contributed by atoms with Crippen molar-refractivity contribution >= 4 is 22.7 Å². The average Bonchev–Trinajstić information content (AvgIpc) is 2.47. The summed E-state index contributed by atoms with van der Waals surface area (Å²) in [6, 6.07) is 6.68. The number of hydrogen-bond acceptors (Lipinski definition) is 4. The number of rotatable bonds is 2. The maximum absolute atomic E-state index is 12.2. The Kier molecular flexibility index (Phi) is 4.41. The van der Waals surface area contributed by atoms with E-state index in [0.29, 0.717) is 0 Å². The fraction of sp³-hybridized carbons (Fsp3) is 0.143. The second-order valence-corrected chi connectivity index (χ2v) is 4.38. The summed E-state index contributed by atoms with van der Waals surface area (Å²) in [4.78, 5) is 21.8. The monoisotopic (exact) mass is 352 g/mol. The van der Waals surface area contributed by atoms with E-state index in [4.69, 9.17) is 0 Å². The number of ether oxygens (including phenoxy) is 2. The molecule has 0 amide bonds. The van der Waals surface area contributed by atoms with Gasteiger partial charge in [-0.25, -0.2) is 9.59 Å². The van der Waals surface area contributed by atoms with Gasteiger partial charge in [0.2, 0.25) is 0 Å². The number of carbonyl (C=O) groups is 2. The number of benzene rings is 2. The van der Waals surface area contributed by atoms with Crippen molar-refractivity contribution in [1.82, 2.24) is 0 Å². The molecule has 24 heavy (non-hydrogen) atoms. The molecule has 128 valence electrons. The van der Waals surface area contributed by atoms with Gasteiger partial charge in [0.15, 0.2) is 0 Å². The fourth-order valence-electron chi connectivity index (χ4n) is 1.74. The van der Waals surface area contributed by atoms with Gasteiger partial charge in [-0.05, 0) is 12.1 Å². The lowest BCUT2D eigenvalue weighted by atomic mass is 10.1. The van der Waals surface area contributed by atoms with Crippen LogP contribution in [0, 0.1) is 0 Å². The Morgan fingerprint density at radius 3 is 1.29 bits per heavy atom. The zero-order valence-corrected chi connectivity index (χ0v) is 11.4. The van der Waals surface area contributed by atoms with E-state index < -0.39 is 35.8 Å². The molecule has 0 heterocycles. The van der Waals surface area contributed by atoms with Crippen LogP contribution in [0.4, 0.5) is 26.3 Å². The lowest BCUT2D eigenvalue weighted by Gasteiger charge is -2.13. The van der Waals surface area contributed by atoms with Gasteiger partial charge >= 0.3 is 24.3 Å².